The Morgan fingerprint density at radius 2 is 1.73 bits per heavy atom. The Morgan fingerprint density at radius 1 is 1.04 bits per heavy atom. The van der Waals surface area contributed by atoms with Gasteiger partial charge in [0.25, 0.3) is 0 Å². The van der Waals surface area contributed by atoms with Crippen LogP contribution >= 0.6 is 0 Å². The quantitative estimate of drug-likeness (QED) is 0.721. The minimum absolute atomic E-state index is 0.0326. The highest BCUT2D eigenvalue weighted by Gasteiger charge is 2.29. The summed E-state index contributed by atoms with van der Waals surface area (Å²) in [5.74, 6) is 1.55. The maximum Gasteiger partial charge on any atom is 0.144 e. The number of hydrogen-bond acceptors (Lipinski definition) is 4. The number of likely N-dealkylation sites (N-methyl/N-ethyl adjacent to an activating group) is 1. The summed E-state index contributed by atoms with van der Waals surface area (Å²) in [6.45, 7) is 6.58. The number of rotatable bonds is 4. The molecule has 26 heavy (non-hydrogen) atoms. The van der Waals surface area contributed by atoms with E-state index in [1.807, 2.05) is 30.5 Å². The van der Waals surface area contributed by atoms with Crippen molar-refractivity contribution in [1.82, 2.24) is 0 Å². The molecule has 0 spiro atoms. The lowest BCUT2D eigenvalue weighted by Crippen LogP contribution is -2.42. The third kappa shape index (κ3) is 3.19. The van der Waals surface area contributed by atoms with E-state index < -0.39 is 0 Å². The van der Waals surface area contributed by atoms with Crippen molar-refractivity contribution in [3.8, 4) is 11.5 Å². The Labute approximate surface area is 155 Å². The van der Waals surface area contributed by atoms with Crippen LogP contribution in [-0.2, 0) is 0 Å². The van der Waals surface area contributed by atoms with E-state index in [-0.39, 0.29) is 5.54 Å². The van der Waals surface area contributed by atoms with Crippen molar-refractivity contribution in [1.29, 1.82) is 0 Å². The third-order valence-electron chi connectivity index (χ3n) is 5.00. The molecular weight excluding hydrogens is 324 g/mol. The molecule has 4 nitrogen and oxygen atoms in total. The Bertz CT molecular complexity index is 882. The number of aliphatic imine (C=N–C) groups is 1. The summed E-state index contributed by atoms with van der Waals surface area (Å²) >= 11 is 0. The van der Waals surface area contributed by atoms with Crippen LogP contribution in [0.25, 0.3) is 5.57 Å². The van der Waals surface area contributed by atoms with Crippen LogP contribution in [0, 0.1) is 0 Å². The monoisotopic (exact) mass is 350 g/mol. The van der Waals surface area contributed by atoms with Gasteiger partial charge in [-0.05, 0) is 44.5 Å². The summed E-state index contributed by atoms with van der Waals surface area (Å²) < 4.78 is 11.0. The second kappa shape index (κ2) is 6.87. The summed E-state index contributed by atoms with van der Waals surface area (Å²) in [4.78, 5) is 6.89. The van der Waals surface area contributed by atoms with E-state index >= 15 is 0 Å². The van der Waals surface area contributed by atoms with Crippen LogP contribution in [0.5, 0.6) is 11.5 Å². The highest BCUT2D eigenvalue weighted by molar-refractivity contribution is 5.92. The van der Waals surface area contributed by atoms with Gasteiger partial charge in [-0.2, -0.15) is 0 Å². The van der Waals surface area contributed by atoms with Crippen molar-refractivity contribution in [2.75, 3.05) is 26.2 Å². The van der Waals surface area contributed by atoms with Crippen molar-refractivity contribution in [2.24, 2.45) is 4.99 Å². The zero-order chi connectivity index (χ0) is 18.9. The summed E-state index contributed by atoms with van der Waals surface area (Å²) in [6.07, 6.45) is 4.13. The highest BCUT2D eigenvalue weighted by atomic mass is 16.5. The Balaban J connectivity index is 2.07. The van der Waals surface area contributed by atoms with Crippen molar-refractivity contribution in [3.63, 3.8) is 0 Å². The number of benzene rings is 2. The van der Waals surface area contributed by atoms with Crippen molar-refractivity contribution in [2.45, 2.75) is 26.3 Å². The molecule has 2 aromatic carbocycles. The molecule has 4 heteroatoms. The molecule has 136 valence electrons. The van der Waals surface area contributed by atoms with Gasteiger partial charge >= 0.3 is 0 Å². The van der Waals surface area contributed by atoms with E-state index in [1.54, 1.807) is 14.2 Å². The molecule has 0 bridgehead atoms. The molecule has 1 aliphatic heterocycles. The van der Waals surface area contributed by atoms with Gasteiger partial charge in [-0.1, -0.05) is 18.2 Å². The summed E-state index contributed by atoms with van der Waals surface area (Å²) in [5.41, 5.74) is 5.33. The molecule has 0 unspecified atom stereocenters. The SMILES string of the molecule is COc1cc2c(cc1C=Nc1ccccc1OC)C(C)=CC(C)(C)N2C. The fraction of sp³-hybridized carbons (Fsp3) is 0.318. The number of para-hydroxylation sites is 2. The lowest BCUT2D eigenvalue weighted by Gasteiger charge is -2.40. The number of anilines is 1. The van der Waals surface area contributed by atoms with Crippen LogP contribution in [0.3, 0.4) is 0 Å². The van der Waals surface area contributed by atoms with Gasteiger partial charge in [-0.25, -0.2) is 0 Å². The summed E-state index contributed by atoms with van der Waals surface area (Å²) in [5, 5.41) is 0. The van der Waals surface area contributed by atoms with Gasteiger partial charge in [0, 0.05) is 36.1 Å². The van der Waals surface area contributed by atoms with Gasteiger partial charge in [0.1, 0.15) is 17.2 Å². The first kappa shape index (κ1) is 18.1. The van der Waals surface area contributed by atoms with E-state index in [1.165, 1.54) is 16.8 Å². The summed E-state index contributed by atoms with van der Waals surface area (Å²) in [6, 6.07) is 12.0. The number of methoxy groups -OCH3 is 2. The molecular formula is C22H26N2O2. The predicted octanol–water partition coefficient (Wildman–Crippen LogP) is 5.09. The van der Waals surface area contributed by atoms with Crippen LogP contribution in [0.2, 0.25) is 0 Å². The lowest BCUT2D eigenvalue weighted by molar-refractivity contribution is 0.413. The standard InChI is InChI=1S/C22H26N2O2/c1-15-13-22(2,3)24(4)19-12-21(26-6)16(11-17(15)19)14-23-18-9-7-8-10-20(18)25-5/h7-14H,1-6H3. The van der Waals surface area contributed by atoms with Crippen molar-refractivity contribution < 1.29 is 9.47 Å². The molecule has 2 aromatic rings. The Hall–Kier alpha value is -2.75. The smallest absolute Gasteiger partial charge is 0.144 e. The van der Waals surface area contributed by atoms with Crippen LogP contribution in [-0.4, -0.2) is 33.0 Å². The second-order valence-corrected chi connectivity index (χ2v) is 7.08. The molecule has 0 amide bonds. The van der Waals surface area contributed by atoms with Gasteiger partial charge in [-0.15, -0.1) is 0 Å². The van der Waals surface area contributed by atoms with Crippen molar-refractivity contribution in [3.05, 3.63) is 53.6 Å². The molecule has 1 heterocycles. The lowest BCUT2D eigenvalue weighted by atomic mass is 9.88. The van der Waals surface area contributed by atoms with E-state index in [0.717, 1.165) is 22.7 Å². The van der Waals surface area contributed by atoms with Gasteiger partial charge in [0.15, 0.2) is 0 Å². The molecule has 0 saturated carbocycles. The molecule has 0 atom stereocenters. The fourth-order valence-electron chi connectivity index (χ4n) is 3.35. The van der Waals surface area contributed by atoms with Gasteiger partial charge in [-0.3, -0.25) is 4.99 Å². The predicted molar refractivity (Wildman–Crippen MR) is 109 cm³/mol. The normalized spacial score (nSPS) is 15.6. The number of ether oxygens (including phenoxy) is 2. The maximum absolute atomic E-state index is 5.64. The molecule has 0 saturated heterocycles. The topological polar surface area (TPSA) is 34.1 Å². The molecule has 1 aliphatic rings. The zero-order valence-electron chi connectivity index (χ0n) is 16.3. The minimum Gasteiger partial charge on any atom is -0.496 e. The third-order valence-corrected chi connectivity index (χ3v) is 5.00. The van der Waals surface area contributed by atoms with Crippen LogP contribution in [0.4, 0.5) is 11.4 Å². The largest absolute Gasteiger partial charge is 0.496 e. The van der Waals surface area contributed by atoms with E-state index in [9.17, 15) is 0 Å². The second-order valence-electron chi connectivity index (χ2n) is 7.08. The molecule has 0 aliphatic carbocycles. The van der Waals surface area contributed by atoms with Gasteiger partial charge in [0.05, 0.1) is 19.8 Å². The highest BCUT2D eigenvalue weighted by Crippen LogP contribution is 2.41. The number of fused-ring (bicyclic) bond motifs is 1. The van der Waals surface area contributed by atoms with E-state index in [0.29, 0.717) is 0 Å². The first-order chi connectivity index (χ1) is 12.4. The average molecular weight is 350 g/mol. The Morgan fingerprint density at radius 3 is 2.42 bits per heavy atom. The van der Waals surface area contributed by atoms with Crippen LogP contribution in [0.15, 0.2) is 47.5 Å². The van der Waals surface area contributed by atoms with Crippen LogP contribution in [0.1, 0.15) is 31.9 Å². The summed E-state index contributed by atoms with van der Waals surface area (Å²) in [7, 11) is 5.46. The fourth-order valence-corrected chi connectivity index (χ4v) is 3.35. The maximum atomic E-state index is 5.64. The van der Waals surface area contributed by atoms with Gasteiger partial charge < -0.3 is 14.4 Å². The molecule has 0 aromatic heterocycles. The number of allylic oxidation sites excluding steroid dienone is 1. The molecule has 0 radical (unpaired) electrons. The van der Waals surface area contributed by atoms with Crippen molar-refractivity contribution >= 4 is 23.2 Å². The zero-order valence-corrected chi connectivity index (χ0v) is 16.3. The van der Waals surface area contributed by atoms with E-state index in [4.69, 9.17) is 9.47 Å². The molecule has 3 rings (SSSR count). The molecule has 0 fully saturated rings. The van der Waals surface area contributed by atoms with E-state index in [2.05, 4.69) is 55.9 Å². The first-order valence-electron chi connectivity index (χ1n) is 8.70. The first-order valence-corrected chi connectivity index (χ1v) is 8.70. The molecule has 0 N–H and O–H groups in total. The number of hydrogen-bond donors (Lipinski definition) is 0. The minimum atomic E-state index is -0.0326. The Kier molecular flexibility index (Phi) is 4.77. The number of nitrogens with zero attached hydrogens (tertiary/aromatic N) is 2. The average Bonchev–Trinajstić information content (AvgIpc) is 2.63. The van der Waals surface area contributed by atoms with Crippen LogP contribution < -0.4 is 14.4 Å². The van der Waals surface area contributed by atoms with Gasteiger partial charge in [0.2, 0.25) is 0 Å².